The van der Waals surface area contributed by atoms with Crippen LogP contribution >= 0.6 is 0 Å². The largest absolute Gasteiger partial charge is 0.492 e. The average molecular weight is 276 g/mol. The highest BCUT2D eigenvalue weighted by Gasteiger charge is 2.19. The number of piperidine rings is 1. The lowest BCUT2D eigenvalue weighted by Gasteiger charge is -2.29. The molecule has 0 radical (unpaired) electrons. The summed E-state index contributed by atoms with van der Waals surface area (Å²) in [4.78, 5) is 16.2. The summed E-state index contributed by atoms with van der Waals surface area (Å²) in [6.45, 7) is 4.81. The molecule has 2 rings (SSSR count). The van der Waals surface area contributed by atoms with Gasteiger partial charge in [0.05, 0.1) is 18.8 Å². The van der Waals surface area contributed by atoms with E-state index in [0.717, 1.165) is 37.4 Å². The zero-order chi connectivity index (χ0) is 14.4. The van der Waals surface area contributed by atoms with Crippen LogP contribution in [0.3, 0.4) is 0 Å². The SMILES string of the molecule is CCOc1ccccc1N(C)CC(=O)N1CCCCC1. The van der Waals surface area contributed by atoms with Crippen molar-refractivity contribution in [3.63, 3.8) is 0 Å². The van der Waals surface area contributed by atoms with E-state index >= 15 is 0 Å². The Balaban J connectivity index is 2.00. The Morgan fingerprint density at radius 2 is 1.95 bits per heavy atom. The lowest BCUT2D eigenvalue weighted by Crippen LogP contribution is -2.41. The zero-order valence-electron chi connectivity index (χ0n) is 12.5. The molecule has 1 aromatic carbocycles. The summed E-state index contributed by atoms with van der Waals surface area (Å²) >= 11 is 0. The van der Waals surface area contributed by atoms with Gasteiger partial charge >= 0.3 is 0 Å². The van der Waals surface area contributed by atoms with E-state index in [0.29, 0.717) is 13.2 Å². The van der Waals surface area contributed by atoms with Gasteiger partial charge in [-0.2, -0.15) is 0 Å². The maximum atomic E-state index is 12.3. The summed E-state index contributed by atoms with van der Waals surface area (Å²) in [6, 6.07) is 7.86. The fourth-order valence-corrected chi connectivity index (χ4v) is 2.58. The molecule has 4 nitrogen and oxygen atoms in total. The molecule has 1 fully saturated rings. The number of hydrogen-bond acceptors (Lipinski definition) is 3. The van der Waals surface area contributed by atoms with Gasteiger partial charge in [0.1, 0.15) is 5.75 Å². The second kappa shape index (κ2) is 7.17. The Morgan fingerprint density at radius 3 is 2.65 bits per heavy atom. The number of likely N-dealkylation sites (N-methyl/N-ethyl adjacent to an activating group) is 1. The number of rotatable bonds is 5. The van der Waals surface area contributed by atoms with E-state index in [2.05, 4.69) is 0 Å². The third-order valence-electron chi connectivity index (χ3n) is 3.66. The van der Waals surface area contributed by atoms with Crippen molar-refractivity contribution in [2.45, 2.75) is 26.2 Å². The van der Waals surface area contributed by atoms with E-state index < -0.39 is 0 Å². The third kappa shape index (κ3) is 3.65. The number of carbonyl (C=O) groups excluding carboxylic acids is 1. The first-order chi connectivity index (χ1) is 9.72. The summed E-state index contributed by atoms with van der Waals surface area (Å²) in [5.74, 6) is 1.04. The van der Waals surface area contributed by atoms with Crippen molar-refractivity contribution in [3.05, 3.63) is 24.3 Å². The molecule has 0 unspecified atom stereocenters. The fourth-order valence-electron chi connectivity index (χ4n) is 2.58. The molecule has 0 saturated carbocycles. The predicted octanol–water partition coefficient (Wildman–Crippen LogP) is 2.53. The minimum atomic E-state index is 0.207. The van der Waals surface area contributed by atoms with Crippen LogP contribution in [0.4, 0.5) is 5.69 Å². The standard InChI is InChI=1S/C16H24N2O2/c1-3-20-15-10-6-5-9-14(15)17(2)13-16(19)18-11-7-4-8-12-18/h5-6,9-10H,3-4,7-8,11-13H2,1-2H3. The quantitative estimate of drug-likeness (QED) is 0.828. The molecule has 0 spiro atoms. The van der Waals surface area contributed by atoms with Gasteiger partial charge < -0.3 is 14.5 Å². The van der Waals surface area contributed by atoms with E-state index in [1.807, 2.05) is 48.0 Å². The highest BCUT2D eigenvalue weighted by atomic mass is 16.5. The van der Waals surface area contributed by atoms with Crippen molar-refractivity contribution >= 4 is 11.6 Å². The van der Waals surface area contributed by atoms with Gasteiger partial charge in [0.15, 0.2) is 0 Å². The van der Waals surface area contributed by atoms with Crippen LogP contribution in [-0.2, 0) is 4.79 Å². The van der Waals surface area contributed by atoms with E-state index in [4.69, 9.17) is 4.74 Å². The van der Waals surface area contributed by atoms with Crippen molar-refractivity contribution in [3.8, 4) is 5.75 Å². The molecule has 0 bridgehead atoms. The number of carbonyl (C=O) groups is 1. The molecule has 1 aromatic rings. The Morgan fingerprint density at radius 1 is 1.25 bits per heavy atom. The number of anilines is 1. The first-order valence-electron chi connectivity index (χ1n) is 7.43. The number of para-hydroxylation sites is 2. The molecule has 1 saturated heterocycles. The molecule has 110 valence electrons. The van der Waals surface area contributed by atoms with Crippen LogP contribution in [0.1, 0.15) is 26.2 Å². The molecule has 0 N–H and O–H groups in total. The van der Waals surface area contributed by atoms with Crippen LogP contribution in [0, 0.1) is 0 Å². The molecule has 0 aliphatic carbocycles. The van der Waals surface area contributed by atoms with E-state index in [1.165, 1.54) is 6.42 Å². The second-order valence-electron chi connectivity index (χ2n) is 5.20. The van der Waals surface area contributed by atoms with Gasteiger partial charge in [-0.3, -0.25) is 4.79 Å². The lowest BCUT2D eigenvalue weighted by atomic mass is 10.1. The molecular formula is C16H24N2O2. The van der Waals surface area contributed by atoms with E-state index in [9.17, 15) is 4.79 Å². The Labute approximate surface area is 121 Å². The van der Waals surface area contributed by atoms with Crippen LogP contribution in [0.25, 0.3) is 0 Å². The molecule has 4 heteroatoms. The summed E-state index contributed by atoms with van der Waals surface area (Å²) in [5, 5.41) is 0. The highest BCUT2D eigenvalue weighted by molar-refractivity contribution is 5.82. The topological polar surface area (TPSA) is 32.8 Å². The van der Waals surface area contributed by atoms with Crippen molar-refractivity contribution in [1.82, 2.24) is 4.90 Å². The molecule has 20 heavy (non-hydrogen) atoms. The number of likely N-dealkylation sites (tertiary alicyclic amines) is 1. The van der Waals surface area contributed by atoms with Crippen molar-refractivity contribution in [2.75, 3.05) is 38.2 Å². The molecule has 1 heterocycles. The smallest absolute Gasteiger partial charge is 0.242 e. The zero-order valence-corrected chi connectivity index (χ0v) is 12.5. The highest BCUT2D eigenvalue weighted by Crippen LogP contribution is 2.27. The molecular weight excluding hydrogens is 252 g/mol. The van der Waals surface area contributed by atoms with Gasteiger partial charge in [-0.1, -0.05) is 12.1 Å². The Hall–Kier alpha value is -1.71. The minimum absolute atomic E-state index is 0.207. The van der Waals surface area contributed by atoms with Gasteiger partial charge in [-0.05, 0) is 38.3 Å². The Kier molecular flexibility index (Phi) is 5.27. The van der Waals surface area contributed by atoms with Crippen LogP contribution in [0.5, 0.6) is 5.75 Å². The van der Waals surface area contributed by atoms with Crippen molar-refractivity contribution in [2.24, 2.45) is 0 Å². The van der Waals surface area contributed by atoms with Gasteiger partial charge in [-0.15, -0.1) is 0 Å². The van der Waals surface area contributed by atoms with Crippen molar-refractivity contribution in [1.29, 1.82) is 0 Å². The number of benzene rings is 1. The van der Waals surface area contributed by atoms with E-state index in [-0.39, 0.29) is 5.91 Å². The Bertz CT molecular complexity index is 442. The number of hydrogen-bond donors (Lipinski definition) is 0. The normalized spacial score (nSPS) is 15.0. The van der Waals surface area contributed by atoms with Gasteiger partial charge in [0, 0.05) is 20.1 Å². The lowest BCUT2D eigenvalue weighted by molar-refractivity contribution is -0.130. The van der Waals surface area contributed by atoms with Crippen LogP contribution in [-0.4, -0.2) is 44.1 Å². The maximum absolute atomic E-state index is 12.3. The number of amides is 1. The van der Waals surface area contributed by atoms with Crippen LogP contribution < -0.4 is 9.64 Å². The van der Waals surface area contributed by atoms with E-state index in [1.54, 1.807) is 0 Å². The van der Waals surface area contributed by atoms with Crippen molar-refractivity contribution < 1.29 is 9.53 Å². The molecule has 1 aliphatic heterocycles. The molecule has 0 aromatic heterocycles. The van der Waals surface area contributed by atoms with Gasteiger partial charge in [0.25, 0.3) is 0 Å². The molecule has 1 amide bonds. The van der Waals surface area contributed by atoms with Gasteiger partial charge in [-0.25, -0.2) is 0 Å². The minimum Gasteiger partial charge on any atom is -0.492 e. The van der Waals surface area contributed by atoms with Crippen LogP contribution in [0.2, 0.25) is 0 Å². The average Bonchev–Trinajstić information content (AvgIpc) is 2.49. The summed E-state index contributed by atoms with van der Waals surface area (Å²) in [7, 11) is 1.94. The monoisotopic (exact) mass is 276 g/mol. The molecule has 0 atom stereocenters. The van der Waals surface area contributed by atoms with Gasteiger partial charge in [0.2, 0.25) is 5.91 Å². The first-order valence-corrected chi connectivity index (χ1v) is 7.43. The first kappa shape index (κ1) is 14.7. The van der Waals surface area contributed by atoms with Crippen LogP contribution in [0.15, 0.2) is 24.3 Å². The second-order valence-corrected chi connectivity index (χ2v) is 5.20. The number of ether oxygens (including phenoxy) is 1. The summed E-state index contributed by atoms with van der Waals surface area (Å²) in [5.41, 5.74) is 0.972. The summed E-state index contributed by atoms with van der Waals surface area (Å²) < 4.78 is 5.62. The molecule has 1 aliphatic rings. The predicted molar refractivity (Wildman–Crippen MR) is 81.3 cm³/mol. The third-order valence-corrected chi connectivity index (χ3v) is 3.66. The summed E-state index contributed by atoms with van der Waals surface area (Å²) in [6.07, 6.45) is 3.50. The fraction of sp³-hybridized carbons (Fsp3) is 0.562. The maximum Gasteiger partial charge on any atom is 0.242 e. The number of nitrogens with zero attached hydrogens (tertiary/aromatic N) is 2.